The van der Waals surface area contributed by atoms with Gasteiger partial charge in [-0.1, -0.05) is 53.0 Å². The van der Waals surface area contributed by atoms with E-state index in [0.29, 0.717) is 24.8 Å². The van der Waals surface area contributed by atoms with Crippen molar-refractivity contribution in [2.24, 2.45) is 11.7 Å². The first-order chi connectivity index (χ1) is 18.6. The van der Waals surface area contributed by atoms with Gasteiger partial charge < -0.3 is 34.2 Å². The number of carbonyl (C=O) groups excluding carboxylic acids is 4. The number of methoxy groups -OCH3 is 1. The van der Waals surface area contributed by atoms with Crippen LogP contribution in [0.25, 0.3) is 0 Å². The molecule has 0 saturated heterocycles. The smallest absolute Gasteiger partial charge is 0.468 e. The zero-order valence-electron chi connectivity index (χ0n) is 23.7. The van der Waals surface area contributed by atoms with Gasteiger partial charge in [0.2, 0.25) is 0 Å². The average molecular weight is 554 g/mol. The van der Waals surface area contributed by atoms with Crippen molar-refractivity contribution in [1.82, 2.24) is 0 Å². The molecule has 220 valence electrons. The van der Waals surface area contributed by atoms with Crippen molar-refractivity contribution in [3.63, 3.8) is 0 Å². The Bertz CT molecular complexity index is 935. The number of carbonyl (C=O) groups is 4. The van der Waals surface area contributed by atoms with E-state index in [0.717, 1.165) is 19.3 Å². The first kappa shape index (κ1) is 33.7. The first-order valence-electron chi connectivity index (χ1n) is 13.5. The van der Waals surface area contributed by atoms with Crippen LogP contribution in [0.4, 0.5) is 9.59 Å². The Balaban J connectivity index is 3.10. The van der Waals surface area contributed by atoms with Gasteiger partial charge in [0.25, 0.3) is 0 Å². The van der Waals surface area contributed by atoms with Crippen molar-refractivity contribution in [3.8, 4) is 11.5 Å². The minimum Gasteiger partial charge on any atom is -0.468 e. The van der Waals surface area contributed by atoms with E-state index in [1.54, 1.807) is 13.0 Å². The maximum absolute atomic E-state index is 12.6. The number of benzene rings is 1. The third-order valence-corrected chi connectivity index (χ3v) is 5.86. The Morgan fingerprint density at radius 1 is 0.846 bits per heavy atom. The Labute approximate surface area is 230 Å². The molecule has 2 atom stereocenters. The molecule has 1 unspecified atom stereocenters. The second kappa shape index (κ2) is 18.0. The zero-order valence-corrected chi connectivity index (χ0v) is 23.7. The van der Waals surface area contributed by atoms with Crippen molar-refractivity contribution < 1.29 is 47.6 Å². The van der Waals surface area contributed by atoms with E-state index >= 15 is 0 Å². The Morgan fingerprint density at radius 3 is 1.97 bits per heavy atom. The molecule has 0 aliphatic heterocycles. The predicted molar refractivity (Wildman–Crippen MR) is 142 cm³/mol. The largest absolute Gasteiger partial charge is 0.513 e. The van der Waals surface area contributed by atoms with Crippen LogP contribution in [0.3, 0.4) is 0 Å². The lowest BCUT2D eigenvalue weighted by atomic mass is 9.88. The van der Waals surface area contributed by atoms with Crippen LogP contribution in [0.2, 0.25) is 0 Å². The second-order valence-electron chi connectivity index (χ2n) is 9.32. The summed E-state index contributed by atoms with van der Waals surface area (Å²) in [6.07, 6.45) is 2.49. The maximum atomic E-state index is 12.6. The molecule has 0 aliphatic carbocycles. The number of ether oxygens (including phenoxy) is 6. The van der Waals surface area contributed by atoms with Gasteiger partial charge in [-0.2, -0.15) is 0 Å². The summed E-state index contributed by atoms with van der Waals surface area (Å²) in [5.74, 6) is -1.53. The summed E-state index contributed by atoms with van der Waals surface area (Å²) in [6.45, 7) is 7.90. The van der Waals surface area contributed by atoms with Crippen LogP contribution in [0, 0.1) is 5.92 Å². The second-order valence-corrected chi connectivity index (χ2v) is 9.32. The summed E-state index contributed by atoms with van der Waals surface area (Å²) >= 11 is 0. The van der Waals surface area contributed by atoms with E-state index in [2.05, 4.69) is 0 Å². The summed E-state index contributed by atoms with van der Waals surface area (Å²) < 4.78 is 30.8. The Morgan fingerprint density at radius 2 is 1.44 bits per heavy atom. The van der Waals surface area contributed by atoms with E-state index < -0.39 is 23.8 Å². The maximum Gasteiger partial charge on any atom is 0.513 e. The summed E-state index contributed by atoms with van der Waals surface area (Å²) in [4.78, 5) is 49.1. The molecule has 0 heterocycles. The third kappa shape index (κ3) is 12.4. The monoisotopic (exact) mass is 553 g/mol. The van der Waals surface area contributed by atoms with Crippen molar-refractivity contribution in [2.45, 2.75) is 84.6 Å². The molecule has 0 aromatic heterocycles. The van der Waals surface area contributed by atoms with Gasteiger partial charge in [-0.15, -0.1) is 0 Å². The van der Waals surface area contributed by atoms with Gasteiger partial charge in [0, 0.05) is 12.8 Å². The molecule has 0 radical (unpaired) electrons. The van der Waals surface area contributed by atoms with E-state index in [9.17, 15) is 19.2 Å². The molecule has 1 aromatic carbocycles. The number of rotatable bonds is 17. The normalized spacial score (nSPS) is 13.0. The van der Waals surface area contributed by atoms with Crippen LogP contribution in [-0.4, -0.2) is 56.7 Å². The molecular weight excluding hydrogens is 510 g/mol. The Kier molecular flexibility index (Phi) is 15.6. The topological polar surface area (TPSA) is 150 Å². The number of nitrogens with two attached hydrogens (primary N) is 1. The zero-order chi connectivity index (χ0) is 29.3. The summed E-state index contributed by atoms with van der Waals surface area (Å²) in [7, 11) is 1.21. The fourth-order valence-corrected chi connectivity index (χ4v) is 3.52. The van der Waals surface area contributed by atoms with Crippen molar-refractivity contribution >= 4 is 24.2 Å². The molecule has 0 saturated carbocycles. The molecule has 0 amide bonds. The van der Waals surface area contributed by atoms with Crippen molar-refractivity contribution in [3.05, 3.63) is 23.8 Å². The molecular formula is C28H43NO10. The molecule has 0 aliphatic rings. The van der Waals surface area contributed by atoms with E-state index in [1.165, 1.54) is 19.2 Å². The van der Waals surface area contributed by atoms with Gasteiger partial charge in [-0.05, 0) is 37.0 Å². The SMILES string of the molecule is CCCCOC(=O)Oc1ccc(CC(N)(CCOC(=O)[C@@H](C)CCC)C(=O)OC)cc1OC(=O)OCCCC. The van der Waals surface area contributed by atoms with Crippen LogP contribution < -0.4 is 15.2 Å². The summed E-state index contributed by atoms with van der Waals surface area (Å²) in [6, 6.07) is 4.37. The average Bonchev–Trinajstić information content (AvgIpc) is 2.90. The summed E-state index contributed by atoms with van der Waals surface area (Å²) in [5, 5.41) is 0. The van der Waals surface area contributed by atoms with Crippen LogP contribution in [0.1, 0.15) is 78.2 Å². The molecule has 0 bridgehead atoms. The highest BCUT2D eigenvalue weighted by Gasteiger charge is 2.36. The van der Waals surface area contributed by atoms with Crippen LogP contribution in [0.5, 0.6) is 11.5 Å². The highest BCUT2D eigenvalue weighted by Crippen LogP contribution is 2.31. The van der Waals surface area contributed by atoms with E-state index in [4.69, 9.17) is 34.2 Å². The molecule has 11 heteroatoms. The molecule has 0 spiro atoms. The van der Waals surface area contributed by atoms with Gasteiger partial charge in [0.15, 0.2) is 11.5 Å². The first-order valence-corrected chi connectivity index (χ1v) is 13.5. The molecule has 39 heavy (non-hydrogen) atoms. The number of hydrogen-bond donors (Lipinski definition) is 1. The molecule has 1 rings (SSSR count). The van der Waals surface area contributed by atoms with Gasteiger partial charge in [-0.25, -0.2) is 9.59 Å². The third-order valence-electron chi connectivity index (χ3n) is 5.86. The lowest BCUT2D eigenvalue weighted by Crippen LogP contribution is -2.51. The van der Waals surface area contributed by atoms with Gasteiger partial charge in [0.05, 0.1) is 32.8 Å². The van der Waals surface area contributed by atoms with Crippen molar-refractivity contribution in [1.29, 1.82) is 0 Å². The fourth-order valence-electron chi connectivity index (χ4n) is 3.52. The van der Waals surface area contributed by atoms with Crippen LogP contribution in [0.15, 0.2) is 18.2 Å². The standard InChI is InChI=1S/C28H43NO10/c1-6-9-15-36-26(32)38-22-13-12-21(18-23(22)39-27(33)37-16-10-7-2)19-28(29,25(31)34-5)14-17-35-24(30)20(4)11-8-3/h12-13,18,20H,6-11,14-17,19,29H2,1-5H3/t20-,28?/m0/s1. The molecule has 2 N–H and O–H groups in total. The molecule has 11 nitrogen and oxygen atoms in total. The van der Waals surface area contributed by atoms with Crippen LogP contribution in [-0.2, 0) is 35.0 Å². The minimum atomic E-state index is -1.55. The number of hydrogen-bond acceptors (Lipinski definition) is 11. The number of esters is 2. The summed E-state index contributed by atoms with van der Waals surface area (Å²) in [5.41, 5.74) is 5.34. The van der Waals surface area contributed by atoms with E-state index in [-0.39, 0.29) is 56.0 Å². The highest BCUT2D eigenvalue weighted by molar-refractivity contribution is 5.81. The lowest BCUT2D eigenvalue weighted by molar-refractivity contribution is -0.153. The predicted octanol–water partition coefficient (Wildman–Crippen LogP) is 5.10. The highest BCUT2D eigenvalue weighted by atomic mass is 16.7. The fraction of sp³-hybridized carbons (Fsp3) is 0.643. The molecule has 0 fully saturated rings. The number of unbranched alkanes of at least 4 members (excludes halogenated alkanes) is 2. The van der Waals surface area contributed by atoms with Crippen molar-refractivity contribution in [2.75, 3.05) is 26.9 Å². The molecule has 1 aromatic rings. The van der Waals surface area contributed by atoms with Gasteiger partial charge in [-0.3, -0.25) is 9.59 Å². The minimum absolute atomic E-state index is 0.0124. The quantitative estimate of drug-likeness (QED) is 0.119. The Hall–Kier alpha value is -3.34. The van der Waals surface area contributed by atoms with E-state index in [1.807, 2.05) is 20.8 Å². The van der Waals surface area contributed by atoms with Gasteiger partial charge in [0.1, 0.15) is 5.54 Å². The van der Waals surface area contributed by atoms with Gasteiger partial charge >= 0.3 is 24.2 Å². The lowest BCUT2D eigenvalue weighted by Gasteiger charge is -2.27. The van der Waals surface area contributed by atoms with Crippen LogP contribution >= 0.6 is 0 Å².